The van der Waals surface area contributed by atoms with E-state index in [4.69, 9.17) is 11.2 Å². The first-order chi connectivity index (χ1) is 6.20. The van der Waals surface area contributed by atoms with E-state index in [1.165, 1.54) is 6.21 Å². The molecule has 2 heteroatoms. The van der Waals surface area contributed by atoms with Crippen LogP contribution in [0.2, 0.25) is 0 Å². The Bertz CT molecular complexity index is 181. The highest BCUT2D eigenvalue weighted by Gasteiger charge is 2.01. The van der Waals surface area contributed by atoms with E-state index < -0.39 is 0 Å². The van der Waals surface area contributed by atoms with Crippen molar-refractivity contribution in [3.8, 4) is 12.3 Å². The zero-order valence-corrected chi connectivity index (χ0v) is 8.79. The minimum absolute atomic E-state index is 0.167. The molecule has 0 radical (unpaired) electrons. The zero-order chi connectivity index (χ0) is 10.1. The average Bonchev–Trinajstić information content (AvgIpc) is 2.14. The molecule has 2 nitrogen and oxygen atoms in total. The summed E-state index contributed by atoms with van der Waals surface area (Å²) in [4.78, 5) is 4.08. The van der Waals surface area contributed by atoms with Gasteiger partial charge in [-0.2, -0.15) is 0 Å². The fraction of sp³-hybridized carbons (Fsp3) is 0.727. The predicted octanol–water partition coefficient (Wildman–Crippen LogP) is 2.14. The molecule has 0 aromatic heterocycles. The highest BCUT2D eigenvalue weighted by atomic mass is 16.5. The molecule has 0 aromatic rings. The molecular weight excluding hydrogens is 162 g/mol. The molecule has 0 fully saturated rings. The largest absolute Gasteiger partial charge is 0.379 e. The van der Waals surface area contributed by atoms with Gasteiger partial charge in [-0.05, 0) is 12.8 Å². The van der Waals surface area contributed by atoms with Gasteiger partial charge < -0.3 is 4.74 Å². The van der Waals surface area contributed by atoms with Crippen LogP contribution in [-0.2, 0) is 4.74 Å². The van der Waals surface area contributed by atoms with Crippen molar-refractivity contribution >= 4 is 6.21 Å². The molecule has 0 aliphatic heterocycles. The third kappa shape index (κ3) is 7.55. The molecule has 0 spiro atoms. The third-order valence-corrected chi connectivity index (χ3v) is 1.86. The maximum atomic E-state index is 5.46. The quantitative estimate of drug-likeness (QED) is 0.454. The molecular formula is C11H19NO. The molecule has 2 atom stereocenters. The van der Waals surface area contributed by atoms with Gasteiger partial charge in [-0.1, -0.05) is 26.2 Å². The van der Waals surface area contributed by atoms with Crippen LogP contribution in [0.1, 0.15) is 27.2 Å². The van der Waals surface area contributed by atoms with Gasteiger partial charge in [0.1, 0.15) is 0 Å². The molecule has 0 N–H and O–H groups in total. The zero-order valence-electron chi connectivity index (χ0n) is 8.79. The van der Waals surface area contributed by atoms with Crippen LogP contribution in [0.25, 0.3) is 0 Å². The van der Waals surface area contributed by atoms with Crippen LogP contribution in [0, 0.1) is 18.3 Å². The number of ether oxygens (including phenoxy) is 1. The van der Waals surface area contributed by atoms with Crippen LogP contribution >= 0.6 is 0 Å². The Morgan fingerprint density at radius 3 is 2.69 bits per heavy atom. The number of rotatable bonds is 6. The normalized spacial score (nSPS) is 15.5. The summed E-state index contributed by atoms with van der Waals surface area (Å²) in [6.07, 6.45) is 7.67. The first-order valence-electron chi connectivity index (χ1n) is 4.76. The van der Waals surface area contributed by atoms with Crippen molar-refractivity contribution in [3.63, 3.8) is 0 Å². The number of nitrogens with zero attached hydrogens (tertiary/aromatic N) is 1. The lowest BCUT2D eigenvalue weighted by atomic mass is 10.1. The van der Waals surface area contributed by atoms with E-state index in [1.807, 2.05) is 6.92 Å². The Labute approximate surface area is 81.4 Å². The summed E-state index contributed by atoms with van der Waals surface area (Å²) in [5, 5.41) is 0. The van der Waals surface area contributed by atoms with Gasteiger partial charge in [0, 0.05) is 6.61 Å². The van der Waals surface area contributed by atoms with Crippen LogP contribution < -0.4 is 0 Å². The summed E-state index contributed by atoms with van der Waals surface area (Å²) in [5.74, 6) is 2.99. The van der Waals surface area contributed by atoms with Crippen molar-refractivity contribution in [1.29, 1.82) is 0 Å². The lowest BCUT2D eigenvalue weighted by molar-refractivity contribution is 0.0960. The van der Waals surface area contributed by atoms with Gasteiger partial charge in [-0.25, -0.2) is 0 Å². The molecule has 0 heterocycles. The van der Waals surface area contributed by atoms with Gasteiger partial charge in [0.25, 0.3) is 0 Å². The Morgan fingerprint density at radius 2 is 2.15 bits per heavy atom. The minimum atomic E-state index is 0.167. The van der Waals surface area contributed by atoms with Gasteiger partial charge in [-0.15, -0.1) is 6.42 Å². The maximum absolute atomic E-state index is 5.46. The second kappa shape index (κ2) is 7.82. The monoisotopic (exact) mass is 181 g/mol. The standard InChI is InChI=1S/C11H19NO/c1-5-7-12-11(4)9-13-8-10(3)6-2/h1,7,10-11H,6,8-9H2,2-4H3. The maximum Gasteiger partial charge on any atom is 0.0712 e. The molecule has 0 aromatic carbocycles. The van der Waals surface area contributed by atoms with E-state index >= 15 is 0 Å². The van der Waals surface area contributed by atoms with Gasteiger partial charge in [0.05, 0.1) is 18.9 Å². The lowest BCUT2D eigenvalue weighted by Crippen LogP contribution is -2.13. The Kier molecular flexibility index (Phi) is 7.33. The Hall–Kier alpha value is -0.810. The van der Waals surface area contributed by atoms with Crippen LogP contribution in [0.3, 0.4) is 0 Å². The summed E-state index contributed by atoms with van der Waals surface area (Å²) in [6, 6.07) is 0.167. The van der Waals surface area contributed by atoms with Gasteiger partial charge >= 0.3 is 0 Å². The fourth-order valence-electron chi connectivity index (χ4n) is 0.771. The second-order valence-corrected chi connectivity index (χ2v) is 3.34. The van der Waals surface area contributed by atoms with Crippen LogP contribution in [0.4, 0.5) is 0 Å². The van der Waals surface area contributed by atoms with Crippen molar-refractivity contribution in [2.45, 2.75) is 33.2 Å². The number of aliphatic imine (C=N–C) groups is 1. The van der Waals surface area contributed by atoms with E-state index in [9.17, 15) is 0 Å². The van der Waals surface area contributed by atoms with Crippen molar-refractivity contribution in [3.05, 3.63) is 0 Å². The number of terminal acetylenes is 1. The van der Waals surface area contributed by atoms with Crippen molar-refractivity contribution in [2.24, 2.45) is 10.9 Å². The summed E-state index contributed by atoms with van der Waals surface area (Å²) in [5.41, 5.74) is 0. The fourth-order valence-corrected chi connectivity index (χ4v) is 0.771. The minimum Gasteiger partial charge on any atom is -0.379 e. The molecule has 0 saturated heterocycles. The van der Waals surface area contributed by atoms with Crippen LogP contribution in [-0.4, -0.2) is 25.5 Å². The summed E-state index contributed by atoms with van der Waals surface area (Å²) in [7, 11) is 0. The predicted molar refractivity (Wildman–Crippen MR) is 57.1 cm³/mol. The molecule has 0 aliphatic rings. The molecule has 0 saturated carbocycles. The molecule has 0 amide bonds. The Morgan fingerprint density at radius 1 is 1.46 bits per heavy atom. The summed E-state index contributed by atoms with van der Waals surface area (Å²) >= 11 is 0. The van der Waals surface area contributed by atoms with E-state index in [1.54, 1.807) is 0 Å². The van der Waals surface area contributed by atoms with E-state index in [-0.39, 0.29) is 6.04 Å². The van der Waals surface area contributed by atoms with Crippen LogP contribution in [0.5, 0.6) is 0 Å². The lowest BCUT2D eigenvalue weighted by Gasteiger charge is -2.10. The topological polar surface area (TPSA) is 21.6 Å². The first kappa shape index (κ1) is 12.2. The molecule has 0 aliphatic carbocycles. The molecule has 0 bridgehead atoms. The molecule has 74 valence electrons. The van der Waals surface area contributed by atoms with Crippen molar-refractivity contribution in [2.75, 3.05) is 13.2 Å². The SMILES string of the molecule is C#CC=NC(C)COCC(C)CC. The van der Waals surface area contributed by atoms with Crippen LogP contribution in [0.15, 0.2) is 4.99 Å². The van der Waals surface area contributed by atoms with Crippen molar-refractivity contribution < 1.29 is 4.74 Å². The molecule has 13 heavy (non-hydrogen) atoms. The number of hydrogen-bond acceptors (Lipinski definition) is 2. The second-order valence-electron chi connectivity index (χ2n) is 3.34. The highest BCUT2D eigenvalue weighted by Crippen LogP contribution is 2.01. The van der Waals surface area contributed by atoms with E-state index in [2.05, 4.69) is 24.8 Å². The van der Waals surface area contributed by atoms with Gasteiger partial charge in [-0.3, -0.25) is 4.99 Å². The summed E-state index contributed by atoms with van der Waals surface area (Å²) in [6.45, 7) is 7.79. The molecule has 0 rings (SSSR count). The van der Waals surface area contributed by atoms with E-state index in [0.29, 0.717) is 12.5 Å². The Balaban J connectivity index is 3.43. The smallest absolute Gasteiger partial charge is 0.0712 e. The summed E-state index contributed by atoms with van der Waals surface area (Å²) < 4.78 is 5.46. The van der Waals surface area contributed by atoms with Crippen molar-refractivity contribution in [1.82, 2.24) is 0 Å². The highest BCUT2D eigenvalue weighted by molar-refractivity contribution is 5.77. The van der Waals surface area contributed by atoms with Gasteiger partial charge in [0.2, 0.25) is 0 Å². The van der Waals surface area contributed by atoms with E-state index in [0.717, 1.165) is 13.0 Å². The molecule has 2 unspecified atom stereocenters. The number of hydrogen-bond donors (Lipinski definition) is 0. The third-order valence-electron chi connectivity index (χ3n) is 1.86. The van der Waals surface area contributed by atoms with Gasteiger partial charge in [0.15, 0.2) is 0 Å². The first-order valence-corrected chi connectivity index (χ1v) is 4.76. The average molecular weight is 181 g/mol.